The van der Waals surface area contributed by atoms with E-state index in [9.17, 15) is 0 Å². The summed E-state index contributed by atoms with van der Waals surface area (Å²) in [6.07, 6.45) is 0. The number of hydrogen-bond donors (Lipinski definition) is 0. The van der Waals surface area contributed by atoms with Gasteiger partial charge in [0.25, 0.3) is 0 Å². The fraction of sp³-hybridized carbons (Fsp3) is 0.778. The van der Waals surface area contributed by atoms with Crippen LogP contribution >= 0.6 is 0 Å². The van der Waals surface area contributed by atoms with Gasteiger partial charge in [-0.05, 0) is 0 Å². The van der Waals surface area contributed by atoms with Crippen LogP contribution in [0.25, 0.3) is 5.73 Å². The van der Waals surface area contributed by atoms with Crippen molar-refractivity contribution in [2.45, 2.75) is 27.7 Å². The summed E-state index contributed by atoms with van der Waals surface area (Å²) < 4.78 is 0. The van der Waals surface area contributed by atoms with Gasteiger partial charge in [-0.1, -0.05) is 26.2 Å². The van der Waals surface area contributed by atoms with Gasteiger partial charge in [0, 0.05) is 32.7 Å². The molecule has 0 aromatic heterocycles. The van der Waals surface area contributed by atoms with Crippen molar-refractivity contribution in [3.63, 3.8) is 0 Å². The second-order valence-corrected chi connectivity index (χ2v) is 3.81. The van der Waals surface area contributed by atoms with Crippen molar-refractivity contribution < 1.29 is 53.8 Å². The summed E-state index contributed by atoms with van der Waals surface area (Å²) in [5.74, 6) is 0. The van der Waals surface area contributed by atoms with E-state index in [1.165, 1.54) is 7.05 Å². The molecular weight excluding hydrogens is 395 g/mol. The molecule has 1 N–H and O–H groups in total. The first-order valence-corrected chi connectivity index (χ1v) is 3.46. The Morgan fingerprint density at radius 1 is 0.917 bits per heavy atom. The normalized spacial score (nSPS) is 10.0. The Bertz CT molecular complexity index is 69.5. The third kappa shape index (κ3) is 11.8. The van der Waals surface area contributed by atoms with E-state index < -0.39 is 0 Å². The van der Waals surface area contributed by atoms with Crippen molar-refractivity contribution in [3.8, 4) is 0 Å². The zero-order valence-corrected chi connectivity index (χ0v) is 14.7. The molecule has 0 amide bonds. The molecule has 0 aliphatic heterocycles. The molecule has 0 unspecified atom stereocenters. The molecular formula is C9H20NWY-. The van der Waals surface area contributed by atoms with Gasteiger partial charge >= 0.3 is 21.1 Å². The molecule has 0 aliphatic rings. The zero-order valence-electron chi connectivity index (χ0n) is 8.90. The van der Waals surface area contributed by atoms with E-state index >= 15 is 0 Å². The number of hydrogen-bond acceptors (Lipinski definition) is 0. The van der Waals surface area contributed by atoms with Crippen molar-refractivity contribution in [1.82, 2.24) is 0 Å². The van der Waals surface area contributed by atoms with Gasteiger partial charge in [0.05, 0.1) is 0 Å². The van der Waals surface area contributed by atoms with Crippen molar-refractivity contribution in [1.29, 1.82) is 0 Å². The van der Waals surface area contributed by atoms with Crippen LogP contribution in [-0.2, 0) is 53.8 Å². The van der Waals surface area contributed by atoms with E-state index in [0.29, 0.717) is 0 Å². The first-order valence-electron chi connectivity index (χ1n) is 3.46. The molecule has 1 radical (unpaired) electrons. The first-order chi connectivity index (χ1) is 4.25. The molecule has 1 nitrogen and oxygen atoms in total. The van der Waals surface area contributed by atoms with Gasteiger partial charge in [-0.3, -0.25) is 5.41 Å². The van der Waals surface area contributed by atoms with Crippen molar-refractivity contribution in [2.24, 2.45) is 10.8 Å². The predicted molar refractivity (Wildman–Crippen MR) is 48.5 cm³/mol. The van der Waals surface area contributed by atoms with Crippen molar-refractivity contribution in [2.75, 3.05) is 7.05 Å². The molecule has 0 bridgehead atoms. The van der Waals surface area contributed by atoms with Crippen LogP contribution in [0.5, 0.6) is 0 Å². The average Bonchev–Trinajstić information content (AvgIpc) is 1.66. The monoisotopic (exact) mass is 415 g/mol. The minimum absolute atomic E-state index is 0. The van der Waals surface area contributed by atoms with Gasteiger partial charge in [-0.25, -0.2) is 0 Å². The molecule has 12 heavy (non-hydrogen) atoms. The van der Waals surface area contributed by atoms with Crippen LogP contribution in [0.2, 0.25) is 0 Å². The zero-order chi connectivity index (χ0) is 9.00. The Morgan fingerprint density at radius 3 is 1.00 bits per heavy atom. The quantitative estimate of drug-likeness (QED) is 0.543. The maximum atomic E-state index is 5.75. The molecule has 0 saturated heterocycles. The van der Waals surface area contributed by atoms with Gasteiger partial charge in [-0.15, -0.1) is 6.92 Å². The molecule has 3 heteroatoms. The Hall–Kier alpha value is 1.75. The summed E-state index contributed by atoms with van der Waals surface area (Å²) in [6.45, 7) is 16.3. The molecule has 71 valence electrons. The van der Waals surface area contributed by atoms with Crippen LogP contribution in [0, 0.1) is 24.7 Å². The Kier molecular flexibility index (Phi) is 18.2. The average molecular weight is 415 g/mol. The summed E-state index contributed by atoms with van der Waals surface area (Å²) in [5, 5.41) is 0. The molecule has 0 aromatic carbocycles. The third-order valence-electron chi connectivity index (χ3n) is 1.81. The van der Waals surface area contributed by atoms with Crippen molar-refractivity contribution in [3.05, 3.63) is 19.6 Å². The van der Waals surface area contributed by atoms with Gasteiger partial charge in [-0.2, -0.15) is 7.05 Å². The molecule has 0 atom stereocenters. The van der Waals surface area contributed by atoms with Crippen LogP contribution in [0.15, 0.2) is 0 Å². The number of nitrogens with one attached hydrogen (secondary N) is 1. The van der Waals surface area contributed by atoms with Gasteiger partial charge in [0.15, 0.2) is 0 Å². The van der Waals surface area contributed by atoms with E-state index in [4.69, 9.17) is 5.73 Å². The summed E-state index contributed by atoms with van der Waals surface area (Å²) >= 11 is 0. The minimum atomic E-state index is -0.0625. The molecule has 0 aromatic rings. The molecule has 0 aliphatic carbocycles. The largest absolute Gasteiger partial charge is 2.00 e. The topological polar surface area (TPSA) is 23.8 Å². The standard InChI is InChI=1S/C8H16.CH4N.W.Y/c1-7(2,3)8(4,5)6;1-2;;/h1-2H2,3-6H3;2H,1H3;;/q-2;-1;+2;. The maximum absolute atomic E-state index is 5.75. The van der Waals surface area contributed by atoms with E-state index in [2.05, 4.69) is 34.6 Å². The van der Waals surface area contributed by atoms with Gasteiger partial charge in [0.1, 0.15) is 0 Å². The molecule has 0 rings (SSSR count). The van der Waals surface area contributed by atoms with Crippen LogP contribution in [0.1, 0.15) is 27.7 Å². The van der Waals surface area contributed by atoms with Crippen LogP contribution in [0.3, 0.4) is 0 Å². The number of rotatable bonds is 0. The van der Waals surface area contributed by atoms with Gasteiger partial charge < -0.3 is 19.6 Å². The van der Waals surface area contributed by atoms with E-state index in [0.717, 1.165) is 0 Å². The molecule has 0 spiro atoms. The van der Waals surface area contributed by atoms with E-state index in [1.54, 1.807) is 0 Å². The fourth-order valence-electron chi connectivity index (χ4n) is 0. The van der Waals surface area contributed by atoms with Crippen molar-refractivity contribution >= 4 is 0 Å². The third-order valence-corrected chi connectivity index (χ3v) is 1.81. The Balaban J connectivity index is -0.0000000740. The second-order valence-electron chi connectivity index (χ2n) is 3.81. The summed E-state index contributed by atoms with van der Waals surface area (Å²) in [5.41, 5.74) is 5.90. The van der Waals surface area contributed by atoms with E-state index in [-0.39, 0.29) is 64.6 Å². The second kappa shape index (κ2) is 9.31. The van der Waals surface area contributed by atoms with Crippen LogP contribution < -0.4 is 0 Å². The summed E-state index contributed by atoms with van der Waals surface area (Å²) in [4.78, 5) is 0. The first kappa shape index (κ1) is 23.5. The van der Waals surface area contributed by atoms with Crippen LogP contribution in [-0.4, -0.2) is 7.05 Å². The SMILES string of the molecule is C[NH-].[CH2-]C([CH2-])(C)C(C)(C)C.[W+2].[Y]. The van der Waals surface area contributed by atoms with Gasteiger partial charge in [0.2, 0.25) is 0 Å². The minimum Gasteiger partial charge on any atom is -0.680 e. The summed E-state index contributed by atoms with van der Waals surface area (Å²) in [6, 6.07) is 0. The Labute approximate surface area is 118 Å². The predicted octanol–water partition coefficient (Wildman–Crippen LogP) is 3.37. The Morgan fingerprint density at radius 2 is 1.00 bits per heavy atom. The smallest absolute Gasteiger partial charge is 0.680 e. The molecule has 0 fully saturated rings. The fourth-order valence-corrected chi connectivity index (χ4v) is 0. The van der Waals surface area contributed by atoms with E-state index in [1.807, 2.05) is 6.92 Å². The summed E-state index contributed by atoms with van der Waals surface area (Å²) in [7, 11) is 1.25. The molecule has 0 heterocycles. The van der Waals surface area contributed by atoms with Crippen LogP contribution in [0.4, 0.5) is 0 Å². The maximum Gasteiger partial charge on any atom is 2.00 e. The molecule has 0 saturated carbocycles.